The minimum Gasteiger partial charge on any atom is -0.380 e. The molecule has 3 nitrogen and oxygen atoms in total. The average molecular weight is 309 g/mol. The molecule has 0 saturated carbocycles. The van der Waals surface area contributed by atoms with Gasteiger partial charge in [-0.3, -0.25) is 0 Å². The molecule has 1 aromatic carbocycles. The first-order valence-corrected chi connectivity index (χ1v) is 7.62. The Hall–Kier alpha value is -1.82. The summed E-state index contributed by atoms with van der Waals surface area (Å²) in [6.45, 7) is 3.49. The second-order valence-corrected chi connectivity index (χ2v) is 6.12. The summed E-state index contributed by atoms with van der Waals surface area (Å²) in [6, 6.07) is 5.69. The monoisotopic (exact) mass is 309 g/mol. The number of halogens is 2. The fourth-order valence-electron chi connectivity index (χ4n) is 2.57. The van der Waals surface area contributed by atoms with Gasteiger partial charge in [0, 0.05) is 24.7 Å². The number of aryl methyl sites for hydroxylation is 1. The van der Waals surface area contributed by atoms with Gasteiger partial charge in [0.15, 0.2) is 0 Å². The average Bonchev–Trinajstić information content (AvgIpc) is 3.06. The molecule has 0 radical (unpaired) electrons. The molecule has 2 heterocycles. The summed E-state index contributed by atoms with van der Waals surface area (Å²) in [5, 5.41) is 8.32. The first kappa shape index (κ1) is 14.1. The molecule has 1 aliphatic heterocycles. The van der Waals surface area contributed by atoms with Crippen LogP contribution < -0.4 is 15.5 Å². The van der Waals surface area contributed by atoms with Gasteiger partial charge < -0.3 is 15.5 Å². The zero-order valence-electron chi connectivity index (χ0n) is 11.9. The van der Waals surface area contributed by atoms with Crippen LogP contribution in [0.5, 0.6) is 0 Å². The van der Waals surface area contributed by atoms with Gasteiger partial charge in [-0.15, -0.1) is 11.3 Å². The molecule has 112 valence electrons. The number of nitrogens with one attached hydrogen (secondary N) is 2. The molecule has 0 atom stereocenters. The van der Waals surface area contributed by atoms with E-state index in [4.69, 9.17) is 0 Å². The Bertz CT molecular complexity index is 654. The Kier molecular flexibility index (Phi) is 3.71. The lowest BCUT2D eigenvalue weighted by molar-refractivity contribution is 0.155. The van der Waals surface area contributed by atoms with Crippen LogP contribution in [0.2, 0.25) is 0 Å². The van der Waals surface area contributed by atoms with Crippen molar-refractivity contribution >= 4 is 28.4 Å². The first-order valence-electron chi connectivity index (χ1n) is 6.74. The highest BCUT2D eigenvalue weighted by atomic mass is 32.1. The van der Waals surface area contributed by atoms with Gasteiger partial charge in [0.1, 0.15) is 0 Å². The van der Waals surface area contributed by atoms with Gasteiger partial charge in [-0.05, 0) is 30.2 Å². The maximum absolute atomic E-state index is 12.6. The smallest absolute Gasteiger partial charge is 0.272 e. The normalized spacial score (nSPS) is 13.5. The van der Waals surface area contributed by atoms with E-state index < -0.39 is 6.43 Å². The van der Waals surface area contributed by atoms with Crippen molar-refractivity contribution in [2.24, 2.45) is 0 Å². The summed E-state index contributed by atoms with van der Waals surface area (Å²) < 4.78 is 25.2. The standard InChI is InChI=1S/C15H17F2N3S/c1-9-3-4-12-14(20(2)8-19-12)11(9)6-18-10-5-13(15(16)17)21-7-10/h3-5,7,15,18-19H,6,8H2,1-2H3. The molecule has 3 rings (SSSR count). The van der Waals surface area contributed by atoms with Crippen LogP contribution in [0.3, 0.4) is 0 Å². The summed E-state index contributed by atoms with van der Waals surface area (Å²) in [4.78, 5) is 2.27. The van der Waals surface area contributed by atoms with Crippen LogP contribution in [0, 0.1) is 6.92 Å². The molecule has 1 aromatic heterocycles. The Morgan fingerprint density at radius 2 is 2.24 bits per heavy atom. The van der Waals surface area contributed by atoms with E-state index in [1.807, 2.05) is 7.05 Å². The topological polar surface area (TPSA) is 27.3 Å². The molecule has 1 aliphatic rings. The molecular formula is C15H17F2N3S. The molecule has 0 amide bonds. The Morgan fingerprint density at radius 3 is 2.95 bits per heavy atom. The van der Waals surface area contributed by atoms with Crippen LogP contribution in [-0.2, 0) is 6.54 Å². The predicted molar refractivity (Wildman–Crippen MR) is 84.7 cm³/mol. The fraction of sp³-hybridized carbons (Fsp3) is 0.333. The number of hydrogen-bond donors (Lipinski definition) is 2. The number of anilines is 3. The van der Waals surface area contributed by atoms with Crippen molar-refractivity contribution in [2.75, 3.05) is 29.2 Å². The van der Waals surface area contributed by atoms with Crippen LogP contribution >= 0.6 is 11.3 Å². The number of fused-ring (bicyclic) bond motifs is 1. The van der Waals surface area contributed by atoms with E-state index in [1.165, 1.54) is 22.9 Å². The lowest BCUT2D eigenvalue weighted by Gasteiger charge is -2.18. The molecule has 0 spiro atoms. The Morgan fingerprint density at radius 1 is 1.43 bits per heavy atom. The highest BCUT2D eigenvalue weighted by molar-refractivity contribution is 7.10. The molecule has 0 fully saturated rings. The lowest BCUT2D eigenvalue weighted by Crippen LogP contribution is -2.18. The number of hydrogen-bond acceptors (Lipinski definition) is 4. The highest BCUT2D eigenvalue weighted by Crippen LogP contribution is 2.36. The molecule has 0 saturated heterocycles. The van der Waals surface area contributed by atoms with E-state index in [0.717, 1.165) is 29.4 Å². The number of rotatable bonds is 4. The van der Waals surface area contributed by atoms with Crippen LogP contribution in [0.15, 0.2) is 23.6 Å². The molecule has 0 aliphatic carbocycles. The van der Waals surface area contributed by atoms with Crippen molar-refractivity contribution in [3.8, 4) is 0 Å². The number of thiophene rings is 1. The Labute approximate surface area is 126 Å². The third kappa shape index (κ3) is 2.68. The number of nitrogens with zero attached hydrogens (tertiary/aromatic N) is 1. The summed E-state index contributed by atoms with van der Waals surface area (Å²) in [7, 11) is 2.04. The zero-order chi connectivity index (χ0) is 15.0. The van der Waals surface area contributed by atoms with Crippen LogP contribution in [0.4, 0.5) is 25.8 Å². The Balaban J connectivity index is 1.80. The van der Waals surface area contributed by atoms with Gasteiger partial charge in [0.05, 0.1) is 22.9 Å². The number of alkyl halides is 2. The van der Waals surface area contributed by atoms with Crippen molar-refractivity contribution in [1.29, 1.82) is 0 Å². The van der Waals surface area contributed by atoms with Crippen molar-refractivity contribution < 1.29 is 8.78 Å². The minimum absolute atomic E-state index is 0.103. The summed E-state index contributed by atoms with van der Waals surface area (Å²) in [5.41, 5.74) is 5.46. The second kappa shape index (κ2) is 5.52. The first-order chi connectivity index (χ1) is 10.1. The highest BCUT2D eigenvalue weighted by Gasteiger charge is 2.20. The third-order valence-electron chi connectivity index (χ3n) is 3.71. The fourth-order valence-corrected chi connectivity index (χ4v) is 3.28. The number of benzene rings is 1. The van der Waals surface area contributed by atoms with Crippen LogP contribution in [0.25, 0.3) is 0 Å². The van der Waals surface area contributed by atoms with E-state index in [0.29, 0.717) is 6.54 Å². The van der Waals surface area contributed by atoms with Crippen LogP contribution in [-0.4, -0.2) is 13.7 Å². The van der Waals surface area contributed by atoms with Crippen molar-refractivity contribution in [3.05, 3.63) is 39.6 Å². The second-order valence-electron chi connectivity index (χ2n) is 5.18. The quantitative estimate of drug-likeness (QED) is 0.875. The maximum atomic E-state index is 12.6. The van der Waals surface area contributed by atoms with Crippen molar-refractivity contribution in [1.82, 2.24) is 0 Å². The summed E-state index contributed by atoms with van der Waals surface area (Å²) >= 11 is 1.09. The van der Waals surface area contributed by atoms with Gasteiger partial charge in [-0.2, -0.15) is 0 Å². The zero-order valence-corrected chi connectivity index (χ0v) is 12.7. The summed E-state index contributed by atoms with van der Waals surface area (Å²) in [5.74, 6) is 0. The van der Waals surface area contributed by atoms with Gasteiger partial charge >= 0.3 is 0 Å². The largest absolute Gasteiger partial charge is 0.380 e. The predicted octanol–water partition coefficient (Wildman–Crippen LogP) is 4.43. The lowest BCUT2D eigenvalue weighted by atomic mass is 10.0. The van der Waals surface area contributed by atoms with E-state index in [2.05, 4.69) is 34.6 Å². The molecule has 21 heavy (non-hydrogen) atoms. The maximum Gasteiger partial charge on any atom is 0.272 e. The SMILES string of the molecule is Cc1ccc2c(c1CNc1csc(C(F)F)c1)N(C)CN2. The van der Waals surface area contributed by atoms with Gasteiger partial charge in [-0.25, -0.2) is 8.78 Å². The van der Waals surface area contributed by atoms with Crippen molar-refractivity contribution in [2.45, 2.75) is 19.9 Å². The molecular weight excluding hydrogens is 292 g/mol. The van der Waals surface area contributed by atoms with Gasteiger partial charge in [0.25, 0.3) is 6.43 Å². The van der Waals surface area contributed by atoms with E-state index in [1.54, 1.807) is 5.38 Å². The van der Waals surface area contributed by atoms with Crippen molar-refractivity contribution in [3.63, 3.8) is 0 Å². The van der Waals surface area contributed by atoms with E-state index in [-0.39, 0.29) is 4.88 Å². The van der Waals surface area contributed by atoms with E-state index in [9.17, 15) is 8.78 Å². The summed E-state index contributed by atoms with van der Waals surface area (Å²) in [6.07, 6.45) is -2.40. The molecule has 0 bridgehead atoms. The molecule has 6 heteroatoms. The van der Waals surface area contributed by atoms with Gasteiger partial charge in [0.2, 0.25) is 0 Å². The third-order valence-corrected chi connectivity index (χ3v) is 4.65. The molecule has 2 aromatic rings. The van der Waals surface area contributed by atoms with Crippen LogP contribution in [0.1, 0.15) is 22.4 Å². The molecule has 0 unspecified atom stereocenters. The minimum atomic E-state index is -2.40. The van der Waals surface area contributed by atoms with E-state index >= 15 is 0 Å². The molecule has 2 N–H and O–H groups in total. The van der Waals surface area contributed by atoms with Gasteiger partial charge in [-0.1, -0.05) is 6.07 Å².